The highest BCUT2D eigenvalue weighted by Crippen LogP contribution is 2.46. The van der Waals surface area contributed by atoms with E-state index in [0.717, 1.165) is 23.8 Å². The number of nitrogens with zero attached hydrogens (tertiary/aromatic N) is 1. The molecule has 0 bridgehead atoms. The highest BCUT2D eigenvalue weighted by Gasteiger charge is 2.58. The molecule has 2 heterocycles. The number of carbonyl (C=O) groups is 2. The molecule has 252 valence electrons. The van der Waals surface area contributed by atoms with Gasteiger partial charge in [-0.2, -0.15) is 0 Å². The van der Waals surface area contributed by atoms with Gasteiger partial charge in [0.25, 0.3) is 5.56 Å². The Balaban J connectivity index is 1.61. The fourth-order valence-corrected chi connectivity index (χ4v) is 5.83. The molecule has 1 aromatic heterocycles. The van der Waals surface area contributed by atoms with E-state index in [2.05, 4.69) is 4.98 Å². The average molecular weight is 663 g/mol. The van der Waals surface area contributed by atoms with Crippen LogP contribution in [0.1, 0.15) is 42.7 Å². The molecule has 13 heteroatoms. The summed E-state index contributed by atoms with van der Waals surface area (Å²) < 4.78 is 47.0. The molecule has 0 amide bonds. The number of hydrogen-bond donors (Lipinski definition) is 2. The van der Waals surface area contributed by atoms with Crippen LogP contribution in [0, 0.1) is 0 Å². The van der Waals surface area contributed by atoms with Crippen molar-refractivity contribution in [1.29, 1.82) is 0 Å². The Kier molecular flexibility index (Phi) is 10.1. The molecular weight excluding hydrogens is 627 g/mol. The average Bonchev–Trinajstić information content (AvgIpc) is 3.33. The van der Waals surface area contributed by atoms with E-state index in [1.807, 2.05) is 54.6 Å². The van der Waals surface area contributed by atoms with Gasteiger partial charge in [-0.1, -0.05) is 54.6 Å². The number of benzene rings is 3. The maximum atomic E-state index is 16.8. The number of carbonyl (C=O) groups excluding carboxylic acids is 1. The van der Waals surface area contributed by atoms with Gasteiger partial charge in [-0.15, -0.1) is 0 Å². The number of carboxylic acids is 1. The van der Waals surface area contributed by atoms with Crippen molar-refractivity contribution < 1.29 is 42.8 Å². The van der Waals surface area contributed by atoms with Crippen molar-refractivity contribution in [3.8, 4) is 11.5 Å². The first-order valence-electron chi connectivity index (χ1n) is 15.0. The third-order valence-electron chi connectivity index (χ3n) is 8.22. The van der Waals surface area contributed by atoms with Crippen LogP contribution < -0.4 is 20.7 Å². The first-order valence-corrected chi connectivity index (χ1v) is 15.0. The Bertz CT molecular complexity index is 1790. The van der Waals surface area contributed by atoms with Crippen molar-refractivity contribution in [3.63, 3.8) is 0 Å². The summed E-state index contributed by atoms with van der Waals surface area (Å²) in [5.41, 5.74) is -3.48. The topological polar surface area (TPSA) is 155 Å². The van der Waals surface area contributed by atoms with Crippen LogP contribution in [0.4, 0.5) is 4.39 Å². The largest absolute Gasteiger partial charge is 0.497 e. The van der Waals surface area contributed by atoms with Gasteiger partial charge in [0.05, 0.1) is 33.7 Å². The Labute approximate surface area is 274 Å². The van der Waals surface area contributed by atoms with Crippen LogP contribution in [0.5, 0.6) is 11.5 Å². The number of nitrogens with one attached hydrogen (secondary N) is 1. The lowest BCUT2D eigenvalue weighted by Gasteiger charge is -2.37. The zero-order valence-corrected chi connectivity index (χ0v) is 26.5. The van der Waals surface area contributed by atoms with Crippen molar-refractivity contribution in [1.82, 2.24) is 9.55 Å². The molecule has 0 spiro atoms. The van der Waals surface area contributed by atoms with Crippen molar-refractivity contribution >= 4 is 11.9 Å². The van der Waals surface area contributed by atoms with Gasteiger partial charge < -0.3 is 28.8 Å². The van der Waals surface area contributed by atoms with Gasteiger partial charge in [-0.05, 0) is 47.9 Å². The second-order valence-electron chi connectivity index (χ2n) is 11.3. The molecule has 0 saturated carbocycles. The number of alkyl halides is 1. The highest BCUT2D eigenvalue weighted by molar-refractivity contribution is 5.76. The van der Waals surface area contributed by atoms with Gasteiger partial charge in [0.1, 0.15) is 23.2 Å². The summed E-state index contributed by atoms with van der Waals surface area (Å²) in [6, 6.07) is 24.7. The molecule has 0 aliphatic carbocycles. The van der Waals surface area contributed by atoms with E-state index < -0.39 is 65.7 Å². The molecule has 2 N–H and O–H groups in total. The number of rotatable bonds is 13. The fraction of sp³-hybridized carbons (Fsp3) is 0.314. The second-order valence-corrected chi connectivity index (χ2v) is 11.3. The lowest BCUT2D eigenvalue weighted by Crippen LogP contribution is -2.47. The minimum absolute atomic E-state index is 0.377. The number of aromatic nitrogens is 2. The number of aromatic amines is 1. The van der Waals surface area contributed by atoms with E-state index >= 15 is 4.39 Å². The van der Waals surface area contributed by atoms with E-state index in [1.54, 1.807) is 38.5 Å². The van der Waals surface area contributed by atoms with Crippen LogP contribution >= 0.6 is 0 Å². The number of aliphatic carboxylic acids is 1. The van der Waals surface area contributed by atoms with Crippen LogP contribution in [0.3, 0.4) is 0 Å². The van der Waals surface area contributed by atoms with Crippen molar-refractivity contribution in [2.24, 2.45) is 0 Å². The quantitative estimate of drug-likeness (QED) is 0.159. The number of esters is 1. The molecule has 5 rings (SSSR count). The van der Waals surface area contributed by atoms with Crippen molar-refractivity contribution in [2.45, 2.75) is 49.5 Å². The first kappa shape index (κ1) is 34.1. The summed E-state index contributed by atoms with van der Waals surface area (Å²) in [6.07, 6.45) is -4.59. The molecule has 3 aromatic carbocycles. The van der Waals surface area contributed by atoms with Gasteiger partial charge in [0.2, 0.25) is 0 Å². The number of ether oxygens (including phenoxy) is 5. The maximum Gasteiger partial charge on any atom is 0.330 e. The first-order chi connectivity index (χ1) is 23.0. The Morgan fingerprint density at radius 3 is 1.98 bits per heavy atom. The number of carboxylic acid groups (broad SMARTS) is 1. The second kappa shape index (κ2) is 14.2. The summed E-state index contributed by atoms with van der Waals surface area (Å²) in [5, 5.41) is 9.08. The lowest BCUT2D eigenvalue weighted by atomic mass is 9.80. The van der Waals surface area contributed by atoms with Gasteiger partial charge in [0, 0.05) is 12.3 Å². The Morgan fingerprint density at radius 1 is 0.896 bits per heavy atom. The standard InChI is InChI=1S/C35H35FN2O10/c1-34(36)31(48-30(42)18-17-29(40)41)27(47-32(34)38-20-19-28(39)37-33(38)43)21-46-35(22-7-5-4-6-8-22,23-9-13-25(44-2)14-10-23)24-11-15-26(45-3)16-12-24/h4-16,19-20,27,31-32H,17-18,21H2,1-3H3,(H,40,41)(H,37,39,43)/t27-,31?,32+,34?/m1/s1. The van der Waals surface area contributed by atoms with Gasteiger partial charge >= 0.3 is 17.6 Å². The SMILES string of the molecule is COc1ccc(C(OC[C@H]2O[C@H](n3ccc(=O)[nH]c3=O)C(C)(F)C2OC(=O)CCC(=O)O)(c2ccccc2)c2ccc(OC)cc2)cc1. The fourth-order valence-electron chi connectivity index (χ4n) is 5.83. The predicted molar refractivity (Wildman–Crippen MR) is 170 cm³/mol. The monoisotopic (exact) mass is 662 g/mol. The van der Waals surface area contributed by atoms with E-state index in [-0.39, 0.29) is 6.61 Å². The highest BCUT2D eigenvalue weighted by atomic mass is 19.1. The van der Waals surface area contributed by atoms with E-state index in [9.17, 15) is 19.2 Å². The molecule has 12 nitrogen and oxygen atoms in total. The van der Waals surface area contributed by atoms with Gasteiger partial charge in [0.15, 0.2) is 18.0 Å². The predicted octanol–water partition coefficient (Wildman–Crippen LogP) is 3.96. The van der Waals surface area contributed by atoms with Crippen LogP contribution in [-0.4, -0.2) is 65.3 Å². The van der Waals surface area contributed by atoms with E-state index in [4.69, 9.17) is 28.8 Å². The Morgan fingerprint density at radius 2 is 1.46 bits per heavy atom. The minimum atomic E-state index is -2.54. The summed E-state index contributed by atoms with van der Waals surface area (Å²) in [6.45, 7) is 0.722. The normalized spacial score (nSPS) is 20.6. The van der Waals surface area contributed by atoms with Crippen LogP contribution in [0.25, 0.3) is 0 Å². The number of H-pyrrole nitrogens is 1. The molecule has 4 aromatic rings. The lowest BCUT2D eigenvalue weighted by molar-refractivity contribution is -0.162. The Hall–Kier alpha value is -5.27. The van der Waals surface area contributed by atoms with Crippen molar-refractivity contribution in [3.05, 3.63) is 129 Å². The van der Waals surface area contributed by atoms with Crippen LogP contribution in [-0.2, 0) is 29.4 Å². The molecule has 48 heavy (non-hydrogen) atoms. The third-order valence-corrected chi connectivity index (χ3v) is 8.22. The summed E-state index contributed by atoms with van der Waals surface area (Å²) in [4.78, 5) is 50.5. The number of methoxy groups -OCH3 is 2. The van der Waals surface area contributed by atoms with Gasteiger partial charge in [-0.3, -0.25) is 23.9 Å². The van der Waals surface area contributed by atoms with Gasteiger partial charge in [-0.25, -0.2) is 9.18 Å². The summed E-state index contributed by atoms with van der Waals surface area (Å²) in [7, 11) is 3.10. The molecule has 2 unspecified atom stereocenters. The summed E-state index contributed by atoms with van der Waals surface area (Å²) in [5.74, 6) is -1.01. The summed E-state index contributed by atoms with van der Waals surface area (Å²) >= 11 is 0. The van der Waals surface area contributed by atoms with Crippen LogP contribution in [0.2, 0.25) is 0 Å². The smallest absolute Gasteiger partial charge is 0.330 e. The molecule has 1 aliphatic heterocycles. The molecule has 0 radical (unpaired) electrons. The zero-order valence-electron chi connectivity index (χ0n) is 26.5. The maximum absolute atomic E-state index is 16.8. The molecule has 1 saturated heterocycles. The zero-order chi connectivity index (χ0) is 34.5. The van der Waals surface area contributed by atoms with E-state index in [1.165, 1.54) is 0 Å². The number of halogens is 1. The molecular formula is C35H35FN2O10. The molecule has 4 atom stereocenters. The minimum Gasteiger partial charge on any atom is -0.497 e. The van der Waals surface area contributed by atoms with Crippen LogP contribution in [0.15, 0.2) is 101 Å². The molecule has 1 aliphatic rings. The van der Waals surface area contributed by atoms with E-state index in [0.29, 0.717) is 28.2 Å². The number of hydrogen-bond acceptors (Lipinski definition) is 9. The third kappa shape index (κ3) is 6.87. The molecule has 1 fully saturated rings. The van der Waals surface area contributed by atoms with Crippen molar-refractivity contribution in [2.75, 3.05) is 20.8 Å².